The number of carbonyl (C=O) groups is 2. The Morgan fingerprint density at radius 3 is 1.94 bits per heavy atom. The number of allylic oxidation sites excluding steroid dienone is 4. The van der Waals surface area contributed by atoms with Gasteiger partial charge in [0, 0.05) is 0 Å². The van der Waals surface area contributed by atoms with E-state index >= 15 is 0 Å². The van der Waals surface area contributed by atoms with Crippen LogP contribution in [-0.4, -0.2) is 12.6 Å². The molecular weight excluding hydrogens is 212 g/mol. The maximum Gasteiger partial charge on any atom is 0.145 e. The summed E-state index contributed by atoms with van der Waals surface area (Å²) in [6.45, 7) is 2.04. The van der Waals surface area contributed by atoms with Crippen LogP contribution >= 0.6 is 0 Å². The molecule has 0 unspecified atom stereocenters. The number of rotatable bonds is 3. The van der Waals surface area contributed by atoms with Crippen molar-refractivity contribution in [2.24, 2.45) is 5.92 Å². The molecule has 3 aliphatic rings. The molecule has 0 spiro atoms. The third-order valence-electron chi connectivity index (χ3n) is 3.98. The normalized spacial score (nSPS) is 22.9. The maximum atomic E-state index is 10.3. The highest BCUT2D eigenvalue weighted by atomic mass is 16.1. The van der Waals surface area contributed by atoms with Gasteiger partial charge in [-0.3, -0.25) is 9.59 Å². The second-order valence-electron chi connectivity index (χ2n) is 5.22. The molecule has 0 radical (unpaired) electrons. The molecular formula is C15H20O2. The van der Waals surface area contributed by atoms with Gasteiger partial charge in [-0.05, 0) is 68.9 Å². The Balaban J connectivity index is 0.000000128. The summed E-state index contributed by atoms with van der Waals surface area (Å²) >= 11 is 0. The summed E-state index contributed by atoms with van der Waals surface area (Å²) in [5.74, 6) is 0.832. The van der Waals surface area contributed by atoms with Crippen molar-refractivity contribution in [1.82, 2.24) is 0 Å². The van der Waals surface area contributed by atoms with E-state index in [-0.39, 0.29) is 0 Å². The van der Waals surface area contributed by atoms with Crippen LogP contribution < -0.4 is 0 Å². The van der Waals surface area contributed by atoms with Gasteiger partial charge in [-0.25, -0.2) is 0 Å². The average Bonchev–Trinajstić information content (AvgIpc) is 3.00. The lowest BCUT2D eigenvalue weighted by molar-refractivity contribution is -0.105. The third kappa shape index (κ3) is 2.93. The van der Waals surface area contributed by atoms with E-state index in [0.717, 1.165) is 48.9 Å². The smallest absolute Gasteiger partial charge is 0.145 e. The predicted molar refractivity (Wildman–Crippen MR) is 67.7 cm³/mol. The van der Waals surface area contributed by atoms with Crippen molar-refractivity contribution >= 4 is 12.6 Å². The van der Waals surface area contributed by atoms with Gasteiger partial charge in [0.1, 0.15) is 12.6 Å². The second kappa shape index (κ2) is 5.44. The fraction of sp³-hybridized carbons (Fsp3) is 0.600. The van der Waals surface area contributed by atoms with Crippen molar-refractivity contribution in [2.45, 2.75) is 51.9 Å². The lowest BCUT2D eigenvalue weighted by Gasteiger charge is -2.18. The van der Waals surface area contributed by atoms with Gasteiger partial charge in [-0.2, -0.15) is 0 Å². The highest BCUT2D eigenvalue weighted by Crippen LogP contribution is 2.45. The molecule has 0 N–H and O–H groups in total. The fourth-order valence-electron chi connectivity index (χ4n) is 2.52. The first-order chi connectivity index (χ1) is 8.26. The maximum absolute atomic E-state index is 10.3. The van der Waals surface area contributed by atoms with Crippen LogP contribution in [0.5, 0.6) is 0 Å². The number of hydrogen-bond acceptors (Lipinski definition) is 2. The fourth-order valence-corrected chi connectivity index (χ4v) is 2.52. The van der Waals surface area contributed by atoms with E-state index < -0.39 is 0 Å². The number of hydrogen-bond donors (Lipinski definition) is 0. The van der Waals surface area contributed by atoms with Crippen molar-refractivity contribution < 1.29 is 9.59 Å². The van der Waals surface area contributed by atoms with E-state index in [9.17, 15) is 9.59 Å². The van der Waals surface area contributed by atoms with Crippen LogP contribution in [0.25, 0.3) is 0 Å². The molecule has 2 nitrogen and oxygen atoms in total. The van der Waals surface area contributed by atoms with Crippen LogP contribution in [0.2, 0.25) is 0 Å². The summed E-state index contributed by atoms with van der Waals surface area (Å²) in [6.07, 6.45) is 10.3. The van der Waals surface area contributed by atoms with Gasteiger partial charge >= 0.3 is 0 Å². The van der Waals surface area contributed by atoms with Crippen molar-refractivity contribution in [3.05, 3.63) is 22.3 Å². The van der Waals surface area contributed by atoms with Crippen molar-refractivity contribution in [2.75, 3.05) is 0 Å². The van der Waals surface area contributed by atoms with Crippen LogP contribution in [0.3, 0.4) is 0 Å². The molecule has 0 aliphatic heterocycles. The quantitative estimate of drug-likeness (QED) is 0.699. The lowest BCUT2D eigenvalue weighted by atomic mass is 9.86. The molecule has 0 saturated heterocycles. The summed E-state index contributed by atoms with van der Waals surface area (Å²) in [5, 5.41) is 0. The Labute approximate surface area is 103 Å². The molecule has 0 bridgehead atoms. The monoisotopic (exact) mass is 232 g/mol. The Morgan fingerprint density at radius 1 is 0.941 bits per heavy atom. The Kier molecular flexibility index (Phi) is 3.93. The van der Waals surface area contributed by atoms with Gasteiger partial charge in [0.05, 0.1) is 0 Å². The van der Waals surface area contributed by atoms with Crippen molar-refractivity contribution in [3.63, 3.8) is 0 Å². The van der Waals surface area contributed by atoms with Gasteiger partial charge < -0.3 is 0 Å². The Morgan fingerprint density at radius 2 is 1.65 bits per heavy atom. The Hall–Kier alpha value is -1.18. The van der Waals surface area contributed by atoms with E-state index in [1.807, 2.05) is 6.92 Å². The molecule has 0 heterocycles. The van der Waals surface area contributed by atoms with Crippen LogP contribution in [0, 0.1) is 5.92 Å². The second-order valence-corrected chi connectivity index (χ2v) is 5.22. The summed E-state index contributed by atoms with van der Waals surface area (Å²) in [5.41, 5.74) is 4.91. The van der Waals surface area contributed by atoms with E-state index in [4.69, 9.17) is 0 Å². The first-order valence-electron chi connectivity index (χ1n) is 6.57. The first kappa shape index (κ1) is 12.3. The van der Waals surface area contributed by atoms with Crippen LogP contribution in [-0.2, 0) is 9.59 Å². The minimum absolute atomic E-state index is 0.832. The minimum Gasteiger partial charge on any atom is -0.298 e. The molecule has 2 heteroatoms. The SMILES string of the molecule is CC1=C(C=O)CCC1.O=CC1=C(C2CC2)CC1. The van der Waals surface area contributed by atoms with Crippen LogP contribution in [0.1, 0.15) is 51.9 Å². The molecule has 3 aliphatic carbocycles. The lowest BCUT2D eigenvalue weighted by Crippen LogP contribution is -2.06. The molecule has 1 saturated carbocycles. The summed E-state index contributed by atoms with van der Waals surface area (Å²) < 4.78 is 0. The third-order valence-corrected chi connectivity index (χ3v) is 3.98. The zero-order valence-corrected chi connectivity index (χ0v) is 10.5. The zero-order chi connectivity index (χ0) is 12.3. The Bertz CT molecular complexity index is 384. The standard InChI is InChI=1S/C8H10O.C7H10O/c9-5-7-3-4-8(7)6-1-2-6;1-6-3-2-4-7(6)5-8/h5-6H,1-4H2;5H,2-4H2,1H3. The van der Waals surface area contributed by atoms with Gasteiger partial charge in [-0.15, -0.1) is 0 Å². The first-order valence-corrected chi connectivity index (χ1v) is 6.57. The van der Waals surface area contributed by atoms with E-state index in [1.54, 1.807) is 0 Å². The van der Waals surface area contributed by atoms with Crippen molar-refractivity contribution in [3.8, 4) is 0 Å². The van der Waals surface area contributed by atoms with Gasteiger partial charge in [-0.1, -0.05) is 11.1 Å². The number of carbonyl (C=O) groups excluding carboxylic acids is 2. The van der Waals surface area contributed by atoms with Gasteiger partial charge in [0.25, 0.3) is 0 Å². The highest BCUT2D eigenvalue weighted by Gasteiger charge is 2.31. The average molecular weight is 232 g/mol. The summed E-state index contributed by atoms with van der Waals surface area (Å²) in [4.78, 5) is 20.4. The van der Waals surface area contributed by atoms with E-state index in [1.165, 1.54) is 36.8 Å². The summed E-state index contributed by atoms with van der Waals surface area (Å²) in [6, 6.07) is 0. The molecule has 92 valence electrons. The molecule has 0 amide bonds. The molecule has 0 aromatic heterocycles. The molecule has 17 heavy (non-hydrogen) atoms. The molecule has 0 aromatic rings. The molecule has 3 rings (SSSR count). The largest absolute Gasteiger partial charge is 0.298 e. The minimum atomic E-state index is 0.832. The molecule has 1 fully saturated rings. The van der Waals surface area contributed by atoms with Crippen molar-refractivity contribution in [1.29, 1.82) is 0 Å². The molecule has 0 atom stereocenters. The molecule has 0 aromatic carbocycles. The zero-order valence-electron chi connectivity index (χ0n) is 10.5. The van der Waals surface area contributed by atoms with Crippen LogP contribution in [0.4, 0.5) is 0 Å². The topological polar surface area (TPSA) is 34.1 Å². The highest BCUT2D eigenvalue weighted by molar-refractivity contribution is 5.77. The predicted octanol–water partition coefficient (Wildman–Crippen LogP) is 3.37. The number of aldehydes is 2. The summed E-state index contributed by atoms with van der Waals surface area (Å²) in [7, 11) is 0. The van der Waals surface area contributed by atoms with Gasteiger partial charge in [0.2, 0.25) is 0 Å². The van der Waals surface area contributed by atoms with E-state index in [0.29, 0.717) is 0 Å². The van der Waals surface area contributed by atoms with Gasteiger partial charge in [0.15, 0.2) is 0 Å². The van der Waals surface area contributed by atoms with Crippen LogP contribution in [0.15, 0.2) is 22.3 Å². The van der Waals surface area contributed by atoms with E-state index in [2.05, 4.69) is 0 Å².